The predicted molar refractivity (Wildman–Crippen MR) is 143 cm³/mol. The molecule has 44 heavy (non-hydrogen) atoms. The normalized spacial score (nSPS) is 21.7. The molecule has 1 aromatic carbocycles. The third kappa shape index (κ3) is 6.05. The van der Waals surface area contributed by atoms with E-state index in [1.807, 2.05) is 0 Å². The van der Waals surface area contributed by atoms with Gasteiger partial charge in [-0.25, -0.2) is 9.18 Å². The van der Waals surface area contributed by atoms with Crippen molar-refractivity contribution in [1.82, 2.24) is 19.7 Å². The van der Waals surface area contributed by atoms with E-state index in [0.29, 0.717) is 5.52 Å². The number of amides is 3. The Morgan fingerprint density at radius 2 is 1.75 bits per heavy atom. The number of benzene rings is 1. The van der Waals surface area contributed by atoms with Crippen LogP contribution in [0.25, 0.3) is 10.9 Å². The van der Waals surface area contributed by atoms with E-state index in [2.05, 4.69) is 5.32 Å². The summed E-state index contributed by atoms with van der Waals surface area (Å²) in [6.07, 6.45) is 1.92. The first-order chi connectivity index (χ1) is 20.0. The van der Waals surface area contributed by atoms with Crippen molar-refractivity contribution >= 4 is 52.2 Å². The van der Waals surface area contributed by atoms with Gasteiger partial charge < -0.3 is 44.6 Å². The number of piperazine rings is 1. The SMILES string of the molecule is C[C@@H](O)[C@@H]1C(=O)N2C(C(=O)[O-])=C(CNC(=O)N3CCN(c4cc5c(cc4F)c(=O)c(C(=O)[O-])cn5C4CC4)CC3)S[C@H]12.[Na+].[Na+]. The first-order valence-electron chi connectivity index (χ1n) is 13.5. The van der Waals surface area contributed by atoms with E-state index in [1.165, 1.54) is 24.1 Å². The van der Waals surface area contributed by atoms with Gasteiger partial charge in [-0.15, -0.1) is 0 Å². The molecule has 222 valence electrons. The van der Waals surface area contributed by atoms with Gasteiger partial charge in [0.05, 0.1) is 53.0 Å². The van der Waals surface area contributed by atoms with Crippen molar-refractivity contribution < 1.29 is 98.0 Å². The molecule has 0 unspecified atom stereocenters. The van der Waals surface area contributed by atoms with Gasteiger partial charge in [-0.3, -0.25) is 14.5 Å². The van der Waals surface area contributed by atoms with Crippen LogP contribution in [0.1, 0.15) is 36.2 Å². The number of anilines is 1. The number of aliphatic carboxylic acids is 1. The average Bonchev–Trinajstić information content (AvgIpc) is 3.73. The number of nitrogens with zero attached hydrogens (tertiary/aromatic N) is 4. The van der Waals surface area contributed by atoms with Crippen LogP contribution in [-0.2, 0) is 9.59 Å². The minimum atomic E-state index is -1.61. The number of aromatic carboxylic acids is 1. The van der Waals surface area contributed by atoms with Gasteiger partial charge in [0.1, 0.15) is 11.2 Å². The van der Waals surface area contributed by atoms with Crippen molar-refractivity contribution in [2.45, 2.75) is 37.3 Å². The Morgan fingerprint density at radius 3 is 2.32 bits per heavy atom. The minimum Gasteiger partial charge on any atom is -0.545 e. The fourth-order valence-corrected chi connectivity index (χ4v) is 7.33. The summed E-state index contributed by atoms with van der Waals surface area (Å²) >= 11 is 1.10. The van der Waals surface area contributed by atoms with Crippen LogP contribution in [0, 0.1) is 11.7 Å². The van der Waals surface area contributed by atoms with Gasteiger partial charge in [0, 0.05) is 48.7 Å². The summed E-state index contributed by atoms with van der Waals surface area (Å²) in [6, 6.07) is 2.13. The standard InChI is InChI=1S/C27H28FN5O8S.2Na/c1-12(34)20-23(36)33-21(26(39)40)19(42-24(20)33)10-29-27(41)31-6-4-30(5-7-31)18-9-17-14(8-16(18)28)22(35)15(25(37)38)11-32(17)13-2-3-13;;/h8-9,11-13,20,24,34H,2-7,10H2,1H3,(H,29,41)(H,37,38)(H,39,40);;/q;2*+1/p-2/t12-,20-,24-;;/m1../s1. The van der Waals surface area contributed by atoms with Crippen molar-refractivity contribution in [2.75, 3.05) is 37.6 Å². The number of aromatic nitrogens is 1. The van der Waals surface area contributed by atoms with Crippen LogP contribution in [0.2, 0.25) is 0 Å². The van der Waals surface area contributed by atoms with Crippen LogP contribution in [0.5, 0.6) is 0 Å². The molecule has 4 aliphatic rings. The number of hydrogen-bond acceptors (Lipinski definition) is 10. The van der Waals surface area contributed by atoms with Crippen LogP contribution in [0.15, 0.2) is 33.7 Å². The Morgan fingerprint density at radius 1 is 1.09 bits per heavy atom. The van der Waals surface area contributed by atoms with Gasteiger partial charge >= 0.3 is 65.1 Å². The molecule has 0 spiro atoms. The number of nitrogens with one attached hydrogen (secondary N) is 1. The van der Waals surface area contributed by atoms with E-state index < -0.39 is 58.1 Å². The van der Waals surface area contributed by atoms with E-state index in [9.17, 15) is 39.3 Å². The number of halogens is 1. The van der Waals surface area contributed by atoms with Gasteiger partial charge in [-0.05, 0) is 31.9 Å². The molecule has 1 aromatic heterocycles. The number of urea groups is 1. The molecule has 3 atom stereocenters. The maximum atomic E-state index is 15.2. The number of aliphatic hydroxyl groups is 1. The summed E-state index contributed by atoms with van der Waals surface area (Å²) < 4.78 is 16.9. The summed E-state index contributed by atoms with van der Waals surface area (Å²) in [6.45, 7) is 2.29. The maximum Gasteiger partial charge on any atom is 1.00 e. The quantitative estimate of drug-likeness (QED) is 0.217. The number of pyridine rings is 1. The Balaban J connectivity index is 0.00000221. The number of β-lactam (4-membered cyclic amide) rings is 1. The Kier molecular flexibility index (Phi) is 10.5. The zero-order valence-corrected chi connectivity index (χ0v) is 29.2. The molecule has 4 heterocycles. The molecule has 1 saturated carbocycles. The number of aliphatic hydroxyl groups excluding tert-OH is 1. The fourth-order valence-electron chi connectivity index (χ4n) is 5.79. The molecule has 3 amide bonds. The molecule has 13 nitrogen and oxygen atoms in total. The summed E-state index contributed by atoms with van der Waals surface area (Å²) in [7, 11) is 0. The number of hydrogen-bond donors (Lipinski definition) is 2. The topological polar surface area (TPSA) is 178 Å². The number of carbonyl (C=O) groups excluding carboxylic acids is 4. The van der Waals surface area contributed by atoms with Crippen LogP contribution in [0.4, 0.5) is 14.9 Å². The van der Waals surface area contributed by atoms with Crippen LogP contribution >= 0.6 is 11.8 Å². The number of fused-ring (bicyclic) bond motifs is 2. The molecule has 6 rings (SSSR count). The second-order valence-electron chi connectivity index (χ2n) is 10.8. The molecular weight excluding hydrogens is 619 g/mol. The zero-order chi connectivity index (χ0) is 30.0. The van der Waals surface area contributed by atoms with Gasteiger partial charge in [-0.1, -0.05) is 11.8 Å². The van der Waals surface area contributed by atoms with Crippen LogP contribution in [0.3, 0.4) is 0 Å². The third-order valence-electron chi connectivity index (χ3n) is 8.13. The van der Waals surface area contributed by atoms with E-state index in [0.717, 1.165) is 35.6 Å². The first kappa shape index (κ1) is 34.8. The Hall–Kier alpha value is -2.11. The third-order valence-corrected chi connectivity index (χ3v) is 9.50. The second-order valence-corrected chi connectivity index (χ2v) is 12.0. The molecule has 0 bridgehead atoms. The Labute approximate surface area is 299 Å². The first-order valence-corrected chi connectivity index (χ1v) is 14.4. The monoisotopic (exact) mass is 645 g/mol. The van der Waals surface area contributed by atoms with Crippen molar-refractivity contribution in [2.24, 2.45) is 5.92 Å². The summed E-state index contributed by atoms with van der Waals surface area (Å²) in [4.78, 5) is 65.7. The van der Waals surface area contributed by atoms with Crippen molar-refractivity contribution in [3.63, 3.8) is 0 Å². The number of thioether (sulfide) groups is 1. The molecule has 3 aliphatic heterocycles. The fraction of sp³-hybridized carbons (Fsp3) is 0.444. The van der Waals surface area contributed by atoms with Gasteiger partial charge in [0.25, 0.3) is 0 Å². The molecule has 2 saturated heterocycles. The number of rotatable bonds is 7. The summed E-state index contributed by atoms with van der Waals surface area (Å²) in [5, 5.41) is 35.1. The van der Waals surface area contributed by atoms with Gasteiger partial charge in [0.2, 0.25) is 5.91 Å². The van der Waals surface area contributed by atoms with Crippen molar-refractivity contribution in [1.29, 1.82) is 0 Å². The second kappa shape index (κ2) is 13.3. The van der Waals surface area contributed by atoms with E-state index in [-0.39, 0.29) is 120 Å². The molecule has 1 aliphatic carbocycles. The number of carboxylic acid groups (broad SMARTS) is 2. The maximum absolute atomic E-state index is 15.2. The summed E-state index contributed by atoms with van der Waals surface area (Å²) in [5.41, 5.74) is -0.970. The van der Waals surface area contributed by atoms with E-state index in [1.54, 1.807) is 9.47 Å². The molecular formula is C27H26FN5Na2O8S. The minimum absolute atomic E-state index is 0. The van der Waals surface area contributed by atoms with Crippen molar-refractivity contribution in [3.8, 4) is 0 Å². The zero-order valence-electron chi connectivity index (χ0n) is 24.4. The molecule has 2 aromatic rings. The largest absolute Gasteiger partial charge is 1.00 e. The number of carboxylic acids is 2. The molecule has 17 heteroatoms. The van der Waals surface area contributed by atoms with E-state index in [4.69, 9.17) is 0 Å². The smallest absolute Gasteiger partial charge is 0.545 e. The van der Waals surface area contributed by atoms with E-state index >= 15 is 4.39 Å². The molecule has 0 radical (unpaired) electrons. The average molecular weight is 646 g/mol. The Bertz CT molecular complexity index is 1640. The summed E-state index contributed by atoms with van der Waals surface area (Å²) in [5.74, 6) is -5.09. The van der Waals surface area contributed by atoms with Gasteiger partial charge in [0.15, 0.2) is 5.43 Å². The molecule has 3 fully saturated rings. The number of carbonyl (C=O) groups is 4. The van der Waals surface area contributed by atoms with Crippen molar-refractivity contribution in [3.05, 3.63) is 50.5 Å². The predicted octanol–water partition coefficient (Wildman–Crippen LogP) is -7.45. The van der Waals surface area contributed by atoms with Crippen LogP contribution in [-0.4, -0.2) is 87.6 Å². The van der Waals surface area contributed by atoms with Gasteiger partial charge in [-0.2, -0.15) is 0 Å². The van der Waals surface area contributed by atoms with Crippen LogP contribution < -0.4 is 85.0 Å². The molecule has 2 N–H and O–H groups in total.